The summed E-state index contributed by atoms with van der Waals surface area (Å²) < 4.78 is 66.0. The maximum Gasteiger partial charge on any atom is 0.393 e. The number of piperidine rings is 1. The van der Waals surface area contributed by atoms with Crippen LogP contribution >= 0.6 is 11.8 Å². The number of amidine groups is 1. The fraction of sp³-hybridized carbons (Fsp3) is 0.500. The summed E-state index contributed by atoms with van der Waals surface area (Å²) in [5, 5.41) is 0.343. The summed E-state index contributed by atoms with van der Waals surface area (Å²) in [7, 11) is -3.47. The van der Waals surface area contributed by atoms with Crippen LogP contribution in [-0.2, 0) is 10.0 Å². The van der Waals surface area contributed by atoms with Gasteiger partial charge in [0.05, 0.1) is 17.4 Å². The lowest BCUT2D eigenvalue weighted by Crippen LogP contribution is -2.44. The van der Waals surface area contributed by atoms with E-state index in [1.165, 1.54) is 4.90 Å². The molecule has 0 radical (unpaired) electrons. The van der Waals surface area contributed by atoms with E-state index >= 15 is 0 Å². The molecular formula is C16H16F3N3O3S2. The highest BCUT2D eigenvalue weighted by Gasteiger charge is 2.43. The second kappa shape index (κ2) is 6.40. The van der Waals surface area contributed by atoms with E-state index in [-0.39, 0.29) is 25.3 Å². The Labute approximate surface area is 158 Å². The average molecular weight is 419 g/mol. The van der Waals surface area contributed by atoms with Gasteiger partial charge < -0.3 is 9.80 Å². The van der Waals surface area contributed by atoms with Crippen molar-refractivity contribution < 1.29 is 26.4 Å². The van der Waals surface area contributed by atoms with Crippen molar-refractivity contribution in [3.05, 3.63) is 23.8 Å². The monoisotopic (exact) mass is 419 g/mol. The van der Waals surface area contributed by atoms with E-state index in [1.807, 2.05) is 0 Å². The van der Waals surface area contributed by atoms with E-state index in [2.05, 4.69) is 4.40 Å². The van der Waals surface area contributed by atoms with Gasteiger partial charge in [-0.05, 0) is 42.8 Å². The minimum absolute atomic E-state index is 0.0383. The van der Waals surface area contributed by atoms with Gasteiger partial charge in [-0.15, -0.1) is 4.40 Å². The first kappa shape index (κ1) is 18.6. The molecule has 1 saturated heterocycles. The highest BCUT2D eigenvalue weighted by atomic mass is 32.2. The van der Waals surface area contributed by atoms with Gasteiger partial charge in [0.1, 0.15) is 0 Å². The molecule has 3 heterocycles. The fourth-order valence-corrected chi connectivity index (χ4v) is 5.77. The lowest BCUT2D eigenvalue weighted by Gasteiger charge is -2.33. The summed E-state index contributed by atoms with van der Waals surface area (Å²) >= 11 is 1.15. The van der Waals surface area contributed by atoms with Gasteiger partial charge in [0.2, 0.25) is 0 Å². The molecule has 1 amide bonds. The number of rotatable bonds is 1. The van der Waals surface area contributed by atoms with Gasteiger partial charge in [-0.1, -0.05) is 0 Å². The first-order valence-electron chi connectivity index (χ1n) is 8.42. The van der Waals surface area contributed by atoms with E-state index < -0.39 is 28.0 Å². The van der Waals surface area contributed by atoms with E-state index in [4.69, 9.17) is 0 Å². The molecule has 0 N–H and O–H groups in total. The van der Waals surface area contributed by atoms with E-state index in [0.717, 1.165) is 17.4 Å². The van der Waals surface area contributed by atoms with Crippen LogP contribution < -0.4 is 4.90 Å². The number of fused-ring (bicyclic) bond motifs is 3. The quantitative estimate of drug-likeness (QED) is 0.700. The fourth-order valence-electron chi connectivity index (χ4n) is 3.48. The largest absolute Gasteiger partial charge is 0.393 e. The number of alkyl halides is 3. The van der Waals surface area contributed by atoms with Gasteiger partial charge >= 0.3 is 6.18 Å². The van der Waals surface area contributed by atoms with Crippen molar-refractivity contribution in [1.82, 2.24) is 4.90 Å². The summed E-state index contributed by atoms with van der Waals surface area (Å²) in [4.78, 5) is 16.4. The van der Waals surface area contributed by atoms with Gasteiger partial charge in [0.25, 0.3) is 15.9 Å². The summed E-state index contributed by atoms with van der Waals surface area (Å²) in [6.07, 6.45) is -3.95. The number of amides is 1. The molecule has 0 saturated carbocycles. The Hall–Kier alpha value is -1.75. The highest BCUT2D eigenvalue weighted by molar-refractivity contribution is 8.15. The topological polar surface area (TPSA) is 70.0 Å². The second-order valence-corrected chi connectivity index (χ2v) is 9.49. The van der Waals surface area contributed by atoms with Crippen molar-refractivity contribution in [2.75, 3.05) is 30.3 Å². The zero-order valence-corrected chi connectivity index (χ0v) is 15.7. The molecule has 3 aliphatic rings. The van der Waals surface area contributed by atoms with E-state index in [0.29, 0.717) is 28.6 Å². The predicted octanol–water partition coefficient (Wildman–Crippen LogP) is 2.71. The molecule has 1 aromatic carbocycles. The van der Waals surface area contributed by atoms with Gasteiger partial charge in [-0.3, -0.25) is 4.79 Å². The third-order valence-corrected chi connectivity index (χ3v) is 7.20. The Morgan fingerprint density at radius 1 is 1.26 bits per heavy atom. The molecule has 27 heavy (non-hydrogen) atoms. The number of likely N-dealkylation sites (tertiary alicyclic amines) is 1. The molecule has 0 aromatic heterocycles. The SMILES string of the molecule is O=C(c1ccc2c(c1)SC1=NS(=O)(=O)CCN12)N1CCC[C@@H](C(F)(F)F)C1. The van der Waals surface area contributed by atoms with Crippen LogP contribution in [0.5, 0.6) is 0 Å². The average Bonchev–Trinajstić information content (AvgIpc) is 2.95. The van der Waals surface area contributed by atoms with Crippen LogP contribution in [0.2, 0.25) is 0 Å². The van der Waals surface area contributed by atoms with Crippen molar-refractivity contribution in [3.63, 3.8) is 0 Å². The summed E-state index contributed by atoms with van der Waals surface area (Å²) in [6, 6.07) is 4.87. The van der Waals surface area contributed by atoms with Crippen LogP contribution in [0, 0.1) is 5.92 Å². The van der Waals surface area contributed by atoms with Crippen LogP contribution in [0.1, 0.15) is 23.2 Å². The first-order chi connectivity index (χ1) is 12.6. The zero-order chi connectivity index (χ0) is 19.4. The molecule has 3 aliphatic heterocycles. The maximum atomic E-state index is 13.0. The number of benzene rings is 1. The molecule has 6 nitrogen and oxygen atoms in total. The number of halogens is 3. The zero-order valence-electron chi connectivity index (χ0n) is 14.1. The molecule has 1 aromatic rings. The van der Waals surface area contributed by atoms with Crippen LogP contribution in [0.15, 0.2) is 27.5 Å². The third kappa shape index (κ3) is 3.54. The lowest BCUT2D eigenvalue weighted by atomic mass is 9.97. The molecule has 0 aliphatic carbocycles. The number of nitrogens with zero attached hydrogens (tertiary/aromatic N) is 3. The van der Waals surface area contributed by atoms with Crippen LogP contribution in [0.25, 0.3) is 0 Å². The van der Waals surface area contributed by atoms with Crippen molar-refractivity contribution in [3.8, 4) is 0 Å². The number of hydrogen-bond donors (Lipinski definition) is 0. The second-order valence-electron chi connectivity index (χ2n) is 6.73. The summed E-state index contributed by atoms with van der Waals surface area (Å²) in [6.45, 7) is 0.254. The van der Waals surface area contributed by atoms with Gasteiger partial charge in [0, 0.05) is 30.1 Å². The molecule has 146 valence electrons. The van der Waals surface area contributed by atoms with Crippen LogP contribution in [-0.4, -0.2) is 56.0 Å². The molecule has 1 atom stereocenters. The van der Waals surface area contributed by atoms with E-state index in [9.17, 15) is 26.4 Å². The lowest BCUT2D eigenvalue weighted by molar-refractivity contribution is -0.184. The van der Waals surface area contributed by atoms with Crippen LogP contribution in [0.3, 0.4) is 0 Å². The number of hydrogen-bond acceptors (Lipinski definition) is 5. The molecule has 0 bridgehead atoms. The molecule has 1 fully saturated rings. The standard InChI is InChI=1S/C16H16F3N3O3S2/c17-16(18,19)11-2-1-5-21(9-11)14(23)10-3-4-12-13(8-10)26-15-20-27(24,25)7-6-22(12)15/h3-4,8,11H,1-2,5-7,9H2/t11-/m1/s1. The normalized spacial score (nSPS) is 24.3. The smallest absolute Gasteiger partial charge is 0.338 e. The molecule has 0 spiro atoms. The number of sulfonamides is 1. The molecule has 4 rings (SSSR count). The number of thioether (sulfide) groups is 1. The third-order valence-electron chi connectivity index (χ3n) is 4.89. The molecule has 0 unspecified atom stereocenters. The number of anilines is 1. The Morgan fingerprint density at radius 2 is 2.04 bits per heavy atom. The number of carbonyl (C=O) groups excluding carboxylic acids is 1. The van der Waals surface area contributed by atoms with Gasteiger partial charge in [-0.2, -0.15) is 13.2 Å². The Balaban J connectivity index is 1.56. The summed E-state index contributed by atoms with van der Waals surface area (Å²) in [5.41, 5.74) is 1.06. The van der Waals surface area contributed by atoms with E-state index in [1.54, 1.807) is 23.1 Å². The van der Waals surface area contributed by atoms with Crippen molar-refractivity contribution in [1.29, 1.82) is 0 Å². The Bertz CT molecular complexity index is 931. The minimum Gasteiger partial charge on any atom is -0.338 e. The number of carbonyl (C=O) groups is 1. The van der Waals surface area contributed by atoms with Gasteiger partial charge in [-0.25, -0.2) is 8.42 Å². The van der Waals surface area contributed by atoms with Crippen molar-refractivity contribution >= 4 is 38.5 Å². The van der Waals surface area contributed by atoms with Crippen molar-refractivity contribution in [2.24, 2.45) is 10.3 Å². The van der Waals surface area contributed by atoms with Crippen LogP contribution in [0.4, 0.5) is 18.9 Å². The Morgan fingerprint density at radius 3 is 2.78 bits per heavy atom. The van der Waals surface area contributed by atoms with Crippen molar-refractivity contribution in [2.45, 2.75) is 23.9 Å². The maximum absolute atomic E-state index is 13.0. The molecular weight excluding hydrogens is 403 g/mol. The predicted molar refractivity (Wildman–Crippen MR) is 95.5 cm³/mol. The summed E-state index contributed by atoms with van der Waals surface area (Å²) in [5.74, 6) is -2.01. The minimum atomic E-state index is -4.31. The first-order valence-corrected chi connectivity index (χ1v) is 10.8. The Kier molecular flexibility index (Phi) is 4.41. The molecule has 11 heteroatoms. The highest BCUT2D eigenvalue weighted by Crippen LogP contribution is 2.42. The van der Waals surface area contributed by atoms with Gasteiger partial charge in [0.15, 0.2) is 5.17 Å².